The number of methoxy groups -OCH3 is 1. The second-order valence-electron chi connectivity index (χ2n) is 8.18. The van der Waals surface area contributed by atoms with Gasteiger partial charge < -0.3 is 20.4 Å². The van der Waals surface area contributed by atoms with E-state index >= 15 is 0 Å². The molecular formula is C25H22N6O4. The highest BCUT2D eigenvalue weighted by atomic mass is 16.6. The average molecular weight is 470 g/mol. The zero-order valence-electron chi connectivity index (χ0n) is 18.9. The number of aromatic nitrogens is 1. The maximum atomic E-state index is 12.2. The number of nitro groups is 1. The first-order valence-corrected chi connectivity index (χ1v) is 10.9. The van der Waals surface area contributed by atoms with Gasteiger partial charge in [0.1, 0.15) is 40.5 Å². The van der Waals surface area contributed by atoms with Crippen molar-refractivity contribution in [1.82, 2.24) is 4.98 Å². The van der Waals surface area contributed by atoms with E-state index in [0.29, 0.717) is 18.8 Å². The minimum atomic E-state index is -0.760. The number of aromatic amines is 1. The largest absolute Gasteiger partial charge is 0.496 e. The van der Waals surface area contributed by atoms with Crippen LogP contribution in [-0.2, 0) is 0 Å². The number of nitrogens with zero attached hydrogens (tertiary/aromatic N) is 4. The van der Waals surface area contributed by atoms with Gasteiger partial charge in [-0.3, -0.25) is 14.9 Å². The van der Waals surface area contributed by atoms with Gasteiger partial charge in [0, 0.05) is 24.7 Å². The molecule has 0 amide bonds. The van der Waals surface area contributed by atoms with Crippen LogP contribution >= 0.6 is 0 Å². The number of hydrogen-bond donors (Lipinski definition) is 2. The van der Waals surface area contributed by atoms with E-state index in [0.717, 1.165) is 24.2 Å². The topological polar surface area (TPSA) is 162 Å². The van der Waals surface area contributed by atoms with Crippen molar-refractivity contribution >= 4 is 17.2 Å². The first-order valence-electron chi connectivity index (χ1n) is 10.9. The number of hydrogen-bond acceptors (Lipinski definition) is 8. The van der Waals surface area contributed by atoms with E-state index in [1.165, 1.54) is 6.07 Å². The number of nitriles is 2. The summed E-state index contributed by atoms with van der Waals surface area (Å²) < 4.78 is 5.49. The Morgan fingerprint density at radius 2 is 1.83 bits per heavy atom. The van der Waals surface area contributed by atoms with Crippen molar-refractivity contribution in [3.63, 3.8) is 0 Å². The van der Waals surface area contributed by atoms with Gasteiger partial charge >= 0.3 is 0 Å². The summed E-state index contributed by atoms with van der Waals surface area (Å²) in [5.41, 5.74) is 6.16. The monoisotopic (exact) mass is 470 g/mol. The van der Waals surface area contributed by atoms with E-state index in [9.17, 15) is 25.4 Å². The lowest BCUT2D eigenvalue weighted by atomic mass is 9.88. The van der Waals surface area contributed by atoms with Crippen molar-refractivity contribution in [2.75, 3.05) is 30.8 Å². The molecule has 10 nitrogen and oxygen atoms in total. The molecule has 2 heterocycles. The van der Waals surface area contributed by atoms with Gasteiger partial charge in [0.15, 0.2) is 0 Å². The lowest BCUT2D eigenvalue weighted by Gasteiger charge is -2.34. The third-order valence-corrected chi connectivity index (χ3v) is 6.34. The number of rotatable bonds is 5. The highest BCUT2D eigenvalue weighted by Crippen LogP contribution is 2.40. The molecule has 1 aliphatic rings. The predicted octanol–water partition coefficient (Wildman–Crippen LogP) is 3.67. The number of H-pyrrole nitrogens is 1. The third-order valence-electron chi connectivity index (χ3n) is 6.34. The van der Waals surface area contributed by atoms with Gasteiger partial charge in [-0.2, -0.15) is 10.5 Å². The zero-order chi connectivity index (χ0) is 25.1. The Kier molecular flexibility index (Phi) is 6.38. The molecule has 0 radical (unpaired) electrons. The zero-order valence-corrected chi connectivity index (χ0v) is 18.9. The maximum Gasteiger partial charge on any atom is 0.293 e. The molecule has 10 heteroatoms. The van der Waals surface area contributed by atoms with Crippen LogP contribution in [0.3, 0.4) is 0 Å². The number of piperidine rings is 1. The van der Waals surface area contributed by atoms with E-state index in [4.69, 9.17) is 10.5 Å². The lowest BCUT2D eigenvalue weighted by molar-refractivity contribution is -0.384. The van der Waals surface area contributed by atoms with E-state index in [2.05, 4.69) is 4.98 Å². The fraction of sp³-hybridized carbons (Fsp3) is 0.240. The van der Waals surface area contributed by atoms with Gasteiger partial charge in [0.25, 0.3) is 11.2 Å². The number of ether oxygens (including phenoxy) is 1. The van der Waals surface area contributed by atoms with E-state index in [-0.39, 0.29) is 39.7 Å². The number of pyridine rings is 1. The molecule has 1 fully saturated rings. The van der Waals surface area contributed by atoms with Crippen molar-refractivity contribution in [3.8, 4) is 29.0 Å². The third kappa shape index (κ3) is 4.25. The molecule has 0 atom stereocenters. The fourth-order valence-electron chi connectivity index (χ4n) is 4.66. The second kappa shape index (κ2) is 9.57. The number of nitro benzene ring substituents is 1. The molecule has 4 rings (SSSR count). The highest BCUT2D eigenvalue weighted by Gasteiger charge is 2.28. The molecule has 1 aromatic heterocycles. The van der Waals surface area contributed by atoms with Crippen LogP contribution in [0.25, 0.3) is 11.1 Å². The number of nitrogens with one attached hydrogen (secondary N) is 1. The summed E-state index contributed by atoms with van der Waals surface area (Å²) in [4.78, 5) is 28.0. The molecule has 176 valence electrons. The number of nitrogens with two attached hydrogens (primary N) is 1. The molecule has 2 aromatic carbocycles. The van der Waals surface area contributed by atoms with E-state index in [1.54, 1.807) is 25.3 Å². The first kappa shape index (κ1) is 23.3. The van der Waals surface area contributed by atoms with Crippen LogP contribution in [0.15, 0.2) is 47.3 Å². The summed E-state index contributed by atoms with van der Waals surface area (Å²) in [6, 6.07) is 16.0. The van der Waals surface area contributed by atoms with Crippen molar-refractivity contribution in [2.45, 2.75) is 18.8 Å². The SMILES string of the molecule is COc1ccccc1C1CCN(c2ccc(-c3c(C#N)c(N)[nH]c(=O)c3C#N)cc2[N+](=O)[O-])CC1. The Bertz CT molecular complexity index is 1440. The molecular weight excluding hydrogens is 448 g/mol. The average Bonchev–Trinajstić information content (AvgIpc) is 2.88. The quantitative estimate of drug-likeness (QED) is 0.421. The molecule has 0 aliphatic carbocycles. The van der Waals surface area contributed by atoms with E-state index < -0.39 is 10.5 Å². The minimum Gasteiger partial charge on any atom is -0.496 e. The number of anilines is 2. The van der Waals surface area contributed by atoms with Crippen LogP contribution < -0.4 is 20.9 Å². The van der Waals surface area contributed by atoms with Gasteiger partial charge in [-0.05, 0) is 42.0 Å². The summed E-state index contributed by atoms with van der Waals surface area (Å²) in [5, 5.41) is 31.0. The van der Waals surface area contributed by atoms with Crippen LogP contribution in [0.1, 0.15) is 35.4 Å². The van der Waals surface area contributed by atoms with Crippen LogP contribution in [0.5, 0.6) is 5.75 Å². The van der Waals surface area contributed by atoms with Crippen LogP contribution in [0.2, 0.25) is 0 Å². The molecule has 1 saturated heterocycles. The normalized spacial score (nSPS) is 13.6. The standard InChI is InChI=1S/C25H22N6O4/c1-35-22-5-3-2-4-17(22)15-8-10-30(11-9-15)20-7-6-16(12-21(20)31(33)34)23-18(13-26)24(28)29-25(32)19(23)14-27/h2-7,12,15H,8-11H2,1H3,(H3,28,29,32). The van der Waals surface area contributed by atoms with Crippen molar-refractivity contribution in [3.05, 3.63) is 79.6 Å². The molecule has 1 aliphatic heterocycles. The summed E-state index contributed by atoms with van der Waals surface area (Å²) in [7, 11) is 1.64. The second-order valence-corrected chi connectivity index (χ2v) is 8.18. The van der Waals surface area contributed by atoms with E-state index in [1.807, 2.05) is 35.2 Å². The molecule has 0 unspecified atom stereocenters. The van der Waals surface area contributed by atoms with Crippen molar-refractivity contribution in [1.29, 1.82) is 10.5 Å². The van der Waals surface area contributed by atoms with Crippen LogP contribution in [0, 0.1) is 32.8 Å². The predicted molar refractivity (Wildman–Crippen MR) is 130 cm³/mol. The highest BCUT2D eigenvalue weighted by molar-refractivity contribution is 5.83. The van der Waals surface area contributed by atoms with Crippen molar-refractivity contribution < 1.29 is 9.66 Å². The Balaban J connectivity index is 1.70. The summed E-state index contributed by atoms with van der Waals surface area (Å²) in [6.45, 7) is 1.21. The number of para-hydroxylation sites is 1. The van der Waals surface area contributed by atoms with Crippen LogP contribution in [0.4, 0.5) is 17.2 Å². The first-order chi connectivity index (χ1) is 16.9. The molecule has 35 heavy (non-hydrogen) atoms. The van der Waals surface area contributed by atoms with Gasteiger partial charge in [-0.25, -0.2) is 0 Å². The summed E-state index contributed by atoms with van der Waals surface area (Å²) in [6.07, 6.45) is 1.59. The Hall–Kier alpha value is -4.83. The van der Waals surface area contributed by atoms with Crippen LogP contribution in [-0.4, -0.2) is 30.1 Å². The lowest BCUT2D eigenvalue weighted by Crippen LogP contribution is -2.33. The number of nitrogen functional groups attached to an aromatic ring is 1. The van der Waals surface area contributed by atoms with Gasteiger partial charge in [0.05, 0.1) is 12.0 Å². The number of benzene rings is 2. The molecule has 0 bridgehead atoms. The fourth-order valence-corrected chi connectivity index (χ4v) is 4.66. The summed E-state index contributed by atoms with van der Waals surface area (Å²) in [5.74, 6) is 0.910. The molecule has 0 spiro atoms. The smallest absolute Gasteiger partial charge is 0.293 e. The Morgan fingerprint density at radius 3 is 2.46 bits per heavy atom. The van der Waals surface area contributed by atoms with Gasteiger partial charge in [-0.1, -0.05) is 24.3 Å². The Labute approximate surface area is 200 Å². The molecule has 0 saturated carbocycles. The van der Waals surface area contributed by atoms with Gasteiger partial charge in [0.2, 0.25) is 0 Å². The summed E-state index contributed by atoms with van der Waals surface area (Å²) >= 11 is 0. The molecule has 3 aromatic rings. The minimum absolute atomic E-state index is 0.0132. The molecule has 3 N–H and O–H groups in total. The van der Waals surface area contributed by atoms with Gasteiger partial charge in [-0.15, -0.1) is 0 Å². The Morgan fingerprint density at radius 1 is 1.14 bits per heavy atom. The van der Waals surface area contributed by atoms with Crippen molar-refractivity contribution in [2.24, 2.45) is 0 Å². The maximum absolute atomic E-state index is 12.2.